The molecule has 3 heteroatoms. The van der Waals surface area contributed by atoms with Crippen LogP contribution in [0.25, 0.3) is 0 Å². The van der Waals surface area contributed by atoms with Gasteiger partial charge in [0.05, 0.1) is 18.1 Å². The fraction of sp³-hybridized carbons (Fsp3) is 0.444. The van der Waals surface area contributed by atoms with Crippen molar-refractivity contribution in [1.29, 1.82) is 0 Å². The Kier molecular flexibility index (Phi) is 16.0. The summed E-state index contributed by atoms with van der Waals surface area (Å²) in [6.07, 6.45) is 101. The van der Waals surface area contributed by atoms with Crippen LogP contribution in [0.1, 0.15) is 122 Å². The van der Waals surface area contributed by atoms with Crippen LogP contribution in [0.15, 0.2) is 240 Å². The van der Waals surface area contributed by atoms with Crippen molar-refractivity contribution < 1.29 is 0 Å². The third-order valence-corrected chi connectivity index (χ3v) is 19.3. The number of nitrogens with zero attached hydrogens (tertiary/aromatic N) is 3. The van der Waals surface area contributed by atoms with Gasteiger partial charge >= 0.3 is 0 Å². The molecule has 0 spiro atoms. The van der Waals surface area contributed by atoms with E-state index in [-0.39, 0.29) is 0 Å². The standard InChI is InChI=1S/C72H85N3/c1-7-21-54(22-8-1)51-61(36-35-55-52-62-27-19-49-73-50-20-28-63(53-55)72(62)73)56-37-39-59(40-38-56)70(57-23-9-2-10-24-57)71(58-25-11-3-12-26-58)60-41-43-67(44-42-60)75(66-33-17-6-18-34-66)69-47-45-68(46-48-69)74(64-29-13-4-14-30-64)65-31-15-5-16-32-65/h1-4,6-15,17-18,21,23,25,29,31-33,37,39-43,45,47,52,54,56-58,61,63-64,66-67,70-71H,5,16,19-20,22,24,26-28,30,34-36,38,44,46,48-51,53H2. The van der Waals surface area contributed by atoms with Gasteiger partial charge in [-0.1, -0.05) is 182 Å². The Hall–Kier alpha value is -5.80. The molecular formula is C72H85N3. The Morgan fingerprint density at radius 2 is 1.20 bits per heavy atom. The number of piperidine rings is 1. The second-order valence-electron chi connectivity index (χ2n) is 23.9. The zero-order chi connectivity index (χ0) is 50.2. The molecule has 12 rings (SSSR count). The lowest BCUT2D eigenvalue weighted by molar-refractivity contribution is 0.216. The van der Waals surface area contributed by atoms with Crippen molar-refractivity contribution >= 4 is 0 Å². The van der Waals surface area contributed by atoms with E-state index < -0.39 is 0 Å². The Balaban J connectivity index is 0.804. The van der Waals surface area contributed by atoms with Gasteiger partial charge in [0, 0.05) is 41.8 Å². The highest BCUT2D eigenvalue weighted by Gasteiger charge is 2.40. The molecule has 1 fully saturated rings. The molecule has 75 heavy (non-hydrogen) atoms. The van der Waals surface area contributed by atoms with E-state index in [2.05, 4.69) is 209 Å². The van der Waals surface area contributed by atoms with Gasteiger partial charge in [0.15, 0.2) is 0 Å². The molecule has 3 nitrogen and oxygen atoms in total. The monoisotopic (exact) mass is 992 g/mol. The van der Waals surface area contributed by atoms with E-state index in [0.717, 1.165) is 70.1 Å². The lowest BCUT2D eigenvalue weighted by atomic mass is 9.63. The Bertz CT molecular complexity index is 2740. The molecule has 0 N–H and O–H groups in total. The van der Waals surface area contributed by atoms with Gasteiger partial charge in [-0.15, -0.1) is 0 Å². The second kappa shape index (κ2) is 24.0. The van der Waals surface area contributed by atoms with Crippen LogP contribution in [0.3, 0.4) is 0 Å². The van der Waals surface area contributed by atoms with Crippen molar-refractivity contribution in [2.24, 2.45) is 47.3 Å². The SMILES string of the molecule is C1=CCC(CC(CCC2=CC3=C4C(CCCN4CCC3)C2)C2C=CC(C(C3C=CC=CC3)C(C3=CCC(N(C4=CC=C(N(C5=CCCC=C5)C5C=CC=CC5)CC4)C4C=CC=CC4)C=C3)C3C=CC=CC3)=CC2)C=C1. The molecule has 0 saturated carbocycles. The van der Waals surface area contributed by atoms with Crippen LogP contribution in [-0.4, -0.2) is 45.9 Å². The first-order valence-electron chi connectivity index (χ1n) is 30.1. The normalized spacial score (nSPS) is 31.5. The zero-order valence-electron chi connectivity index (χ0n) is 45.0. The van der Waals surface area contributed by atoms with Gasteiger partial charge < -0.3 is 14.7 Å². The topological polar surface area (TPSA) is 9.72 Å². The lowest BCUT2D eigenvalue weighted by Crippen LogP contribution is -2.42. The summed E-state index contributed by atoms with van der Waals surface area (Å²) in [4.78, 5) is 8.20. The van der Waals surface area contributed by atoms with Crippen molar-refractivity contribution in [3.63, 3.8) is 0 Å². The maximum Gasteiger partial charge on any atom is 0.0556 e. The first kappa shape index (κ1) is 50.0. The molecule has 0 aromatic rings. The van der Waals surface area contributed by atoms with Crippen molar-refractivity contribution in [2.45, 2.75) is 140 Å². The molecule has 0 bridgehead atoms. The average molecular weight is 992 g/mol. The summed E-state index contributed by atoms with van der Waals surface area (Å²) in [6.45, 7) is 2.57. The molecule has 12 aliphatic rings. The fourth-order valence-electron chi connectivity index (χ4n) is 15.6. The van der Waals surface area contributed by atoms with Gasteiger partial charge in [-0.3, -0.25) is 0 Å². The molecule has 2 aliphatic heterocycles. The van der Waals surface area contributed by atoms with Gasteiger partial charge in [0.1, 0.15) is 0 Å². The molecule has 2 heterocycles. The lowest BCUT2D eigenvalue weighted by Gasteiger charge is -2.44. The predicted molar refractivity (Wildman–Crippen MR) is 317 cm³/mol. The van der Waals surface area contributed by atoms with Crippen LogP contribution in [0.4, 0.5) is 0 Å². The zero-order valence-corrected chi connectivity index (χ0v) is 45.0. The summed E-state index contributed by atoms with van der Waals surface area (Å²) in [5.74, 6) is 4.40. The van der Waals surface area contributed by atoms with Crippen LogP contribution in [-0.2, 0) is 0 Å². The summed E-state index contributed by atoms with van der Waals surface area (Å²) in [5, 5.41) is 0. The third-order valence-electron chi connectivity index (χ3n) is 19.3. The molecule has 388 valence electrons. The van der Waals surface area contributed by atoms with Crippen LogP contribution >= 0.6 is 0 Å². The molecule has 0 aromatic carbocycles. The largest absolute Gasteiger partial charge is 0.374 e. The molecule has 0 aromatic heterocycles. The summed E-state index contributed by atoms with van der Waals surface area (Å²) in [6, 6.07) is 1.02. The molecule has 0 radical (unpaired) electrons. The second-order valence-corrected chi connectivity index (χ2v) is 23.9. The minimum absolute atomic E-state index is 0.310. The van der Waals surface area contributed by atoms with Crippen molar-refractivity contribution in [3.8, 4) is 0 Å². The molecule has 0 amide bonds. The Labute approximate surface area is 452 Å². The van der Waals surface area contributed by atoms with E-state index >= 15 is 0 Å². The van der Waals surface area contributed by atoms with Gasteiger partial charge in [0.25, 0.3) is 0 Å². The summed E-state index contributed by atoms with van der Waals surface area (Å²) < 4.78 is 0. The summed E-state index contributed by atoms with van der Waals surface area (Å²) in [5.41, 5.74) is 12.6. The maximum atomic E-state index is 2.80. The molecule has 10 aliphatic carbocycles. The predicted octanol–water partition coefficient (Wildman–Crippen LogP) is 17.4. The van der Waals surface area contributed by atoms with E-state index in [1.54, 1.807) is 28.0 Å². The smallest absolute Gasteiger partial charge is 0.0556 e. The highest BCUT2D eigenvalue weighted by Crippen LogP contribution is 2.49. The fourth-order valence-corrected chi connectivity index (χ4v) is 15.6. The molecular weight excluding hydrogens is 907 g/mol. The van der Waals surface area contributed by atoms with Crippen molar-refractivity contribution in [1.82, 2.24) is 14.7 Å². The van der Waals surface area contributed by atoms with Crippen molar-refractivity contribution in [3.05, 3.63) is 240 Å². The summed E-state index contributed by atoms with van der Waals surface area (Å²) in [7, 11) is 0. The molecule has 1 saturated heterocycles. The highest BCUT2D eigenvalue weighted by atomic mass is 15.2. The first-order chi connectivity index (χ1) is 37.2. The maximum absolute atomic E-state index is 2.80. The van der Waals surface area contributed by atoms with E-state index in [1.807, 2.05) is 0 Å². The minimum Gasteiger partial charge on any atom is -0.374 e. The first-order valence-corrected chi connectivity index (χ1v) is 30.1. The van der Waals surface area contributed by atoms with Gasteiger partial charge in [-0.05, 0) is 198 Å². The van der Waals surface area contributed by atoms with E-state index in [0.29, 0.717) is 59.6 Å². The summed E-state index contributed by atoms with van der Waals surface area (Å²) >= 11 is 0. The highest BCUT2D eigenvalue weighted by molar-refractivity contribution is 5.42. The number of hydrogen-bond donors (Lipinski definition) is 0. The van der Waals surface area contributed by atoms with Crippen LogP contribution in [0.2, 0.25) is 0 Å². The Morgan fingerprint density at radius 3 is 1.83 bits per heavy atom. The van der Waals surface area contributed by atoms with Gasteiger partial charge in [0.2, 0.25) is 0 Å². The van der Waals surface area contributed by atoms with Crippen LogP contribution in [0, 0.1) is 47.3 Å². The number of rotatable bonds is 17. The average Bonchev–Trinajstić information content (AvgIpc) is 3.48. The van der Waals surface area contributed by atoms with E-state index in [1.165, 1.54) is 88.0 Å². The molecule has 11 unspecified atom stereocenters. The number of hydrogen-bond acceptors (Lipinski definition) is 3. The van der Waals surface area contributed by atoms with E-state index in [4.69, 9.17) is 0 Å². The van der Waals surface area contributed by atoms with Crippen LogP contribution < -0.4 is 0 Å². The quantitative estimate of drug-likeness (QED) is 0.144. The van der Waals surface area contributed by atoms with E-state index in [9.17, 15) is 0 Å². The molecule has 11 atom stereocenters. The van der Waals surface area contributed by atoms with Crippen molar-refractivity contribution in [2.75, 3.05) is 13.1 Å². The minimum atomic E-state index is 0.310. The third kappa shape index (κ3) is 11.5. The Morgan fingerprint density at radius 1 is 0.533 bits per heavy atom. The van der Waals surface area contributed by atoms with Gasteiger partial charge in [-0.25, -0.2) is 0 Å². The van der Waals surface area contributed by atoms with Gasteiger partial charge in [-0.2, -0.15) is 0 Å². The number of allylic oxidation sites excluding steroid dienone is 33. The van der Waals surface area contributed by atoms with Crippen LogP contribution in [0.5, 0.6) is 0 Å².